The summed E-state index contributed by atoms with van der Waals surface area (Å²) < 4.78 is 2.19. The lowest BCUT2D eigenvalue weighted by Gasteiger charge is -2.06. The van der Waals surface area contributed by atoms with Gasteiger partial charge in [-0.05, 0) is 30.7 Å². The van der Waals surface area contributed by atoms with E-state index in [2.05, 4.69) is 59.9 Å². The van der Waals surface area contributed by atoms with Crippen LogP contribution < -0.4 is 5.49 Å². The van der Waals surface area contributed by atoms with E-state index in [0.717, 1.165) is 18.6 Å². The molecule has 0 N–H and O–H groups in total. The predicted octanol–water partition coefficient (Wildman–Crippen LogP) is 3.61. The zero-order chi connectivity index (χ0) is 12.7. The lowest BCUT2D eigenvalue weighted by molar-refractivity contribution is 0.708. The van der Waals surface area contributed by atoms with Crippen molar-refractivity contribution < 1.29 is 0 Å². The fraction of sp³-hybridized carbons (Fsp3) is 0.400. The Morgan fingerprint density at radius 3 is 2.29 bits per heavy atom. The first-order valence-corrected chi connectivity index (χ1v) is 6.45. The van der Waals surface area contributed by atoms with Gasteiger partial charge >= 0.3 is 0 Å². The second-order valence-electron chi connectivity index (χ2n) is 3.52. The molecule has 1 aromatic heterocycles. The van der Waals surface area contributed by atoms with E-state index < -0.39 is 0 Å². The minimum Gasteiger partial charge on any atom is -0.333 e. The van der Waals surface area contributed by atoms with E-state index in [0.29, 0.717) is 0 Å². The Morgan fingerprint density at radius 1 is 1.06 bits per heavy atom. The van der Waals surface area contributed by atoms with E-state index in [4.69, 9.17) is 0 Å². The van der Waals surface area contributed by atoms with Crippen LogP contribution in [0.2, 0.25) is 0 Å². The Kier molecular flexibility index (Phi) is 5.47. The summed E-state index contributed by atoms with van der Waals surface area (Å²) in [5, 5.41) is 2.53. The van der Waals surface area contributed by atoms with Crippen molar-refractivity contribution in [1.29, 1.82) is 0 Å². The van der Waals surface area contributed by atoms with Crippen molar-refractivity contribution in [2.45, 2.75) is 34.2 Å². The van der Waals surface area contributed by atoms with Gasteiger partial charge in [0.05, 0.1) is 0 Å². The van der Waals surface area contributed by atoms with Crippen LogP contribution in [0, 0.1) is 0 Å². The van der Waals surface area contributed by atoms with Crippen molar-refractivity contribution in [3.63, 3.8) is 0 Å². The monoisotopic (exact) mass is 230 g/mol. The van der Waals surface area contributed by atoms with E-state index in [9.17, 15) is 0 Å². The largest absolute Gasteiger partial charge is 0.333 e. The average Bonchev–Trinajstić information content (AvgIpc) is 2.40. The SMILES string of the molecule is CC.CCN=c1cc2ccccc2cn1CC. The van der Waals surface area contributed by atoms with Gasteiger partial charge in [0, 0.05) is 19.3 Å². The molecule has 0 fully saturated rings. The summed E-state index contributed by atoms with van der Waals surface area (Å²) in [6.45, 7) is 10.0. The van der Waals surface area contributed by atoms with Crippen LogP contribution in [0.1, 0.15) is 27.7 Å². The molecule has 92 valence electrons. The molecule has 0 saturated carbocycles. The van der Waals surface area contributed by atoms with Crippen molar-refractivity contribution in [1.82, 2.24) is 4.57 Å². The number of benzene rings is 1. The molecule has 0 spiro atoms. The zero-order valence-corrected chi connectivity index (χ0v) is 11.3. The highest BCUT2D eigenvalue weighted by atomic mass is 15.0. The van der Waals surface area contributed by atoms with E-state index >= 15 is 0 Å². The second-order valence-corrected chi connectivity index (χ2v) is 3.52. The Bertz CT molecular complexity index is 524. The third-order valence-electron chi connectivity index (χ3n) is 2.53. The number of hydrogen-bond acceptors (Lipinski definition) is 1. The molecule has 17 heavy (non-hydrogen) atoms. The number of hydrogen-bond donors (Lipinski definition) is 0. The molecule has 2 aromatic rings. The normalized spacial score (nSPS) is 11.2. The maximum Gasteiger partial charge on any atom is 0.128 e. The van der Waals surface area contributed by atoms with Crippen molar-refractivity contribution in [3.8, 4) is 0 Å². The second kappa shape index (κ2) is 6.89. The van der Waals surface area contributed by atoms with Crippen LogP contribution >= 0.6 is 0 Å². The molecule has 0 amide bonds. The van der Waals surface area contributed by atoms with E-state index in [-0.39, 0.29) is 0 Å². The minimum atomic E-state index is 0.832. The van der Waals surface area contributed by atoms with Crippen LogP contribution in [0.25, 0.3) is 10.8 Å². The molecular formula is C15H22N2. The summed E-state index contributed by atoms with van der Waals surface area (Å²) in [7, 11) is 0. The number of nitrogens with zero attached hydrogens (tertiary/aromatic N) is 2. The van der Waals surface area contributed by atoms with Crippen molar-refractivity contribution >= 4 is 10.8 Å². The van der Waals surface area contributed by atoms with Crippen molar-refractivity contribution in [3.05, 3.63) is 42.0 Å². The lowest BCUT2D eigenvalue weighted by Crippen LogP contribution is -2.19. The molecule has 0 aliphatic carbocycles. The molecule has 0 atom stereocenters. The van der Waals surface area contributed by atoms with Crippen LogP contribution in [0.15, 0.2) is 41.5 Å². The molecule has 1 heterocycles. The molecule has 0 aliphatic heterocycles. The van der Waals surface area contributed by atoms with Gasteiger partial charge in [-0.25, -0.2) is 0 Å². The number of aryl methyl sites for hydroxylation is 1. The lowest BCUT2D eigenvalue weighted by atomic mass is 10.2. The van der Waals surface area contributed by atoms with E-state index in [1.165, 1.54) is 10.8 Å². The van der Waals surface area contributed by atoms with Crippen LogP contribution in [-0.2, 0) is 6.54 Å². The summed E-state index contributed by atoms with van der Waals surface area (Å²) in [5.41, 5.74) is 1.07. The molecule has 1 aromatic carbocycles. The van der Waals surface area contributed by atoms with Gasteiger partial charge in [-0.1, -0.05) is 38.1 Å². The van der Waals surface area contributed by atoms with Crippen LogP contribution in [0.5, 0.6) is 0 Å². The predicted molar refractivity (Wildman–Crippen MR) is 75.1 cm³/mol. The topological polar surface area (TPSA) is 17.3 Å². The van der Waals surface area contributed by atoms with Gasteiger partial charge in [0.15, 0.2) is 0 Å². The molecule has 0 aliphatic rings. The summed E-state index contributed by atoms with van der Waals surface area (Å²) >= 11 is 0. The molecule has 2 nitrogen and oxygen atoms in total. The molecular weight excluding hydrogens is 208 g/mol. The summed E-state index contributed by atoms with van der Waals surface area (Å²) in [4.78, 5) is 4.49. The number of rotatable bonds is 2. The van der Waals surface area contributed by atoms with E-state index in [1.807, 2.05) is 13.8 Å². The fourth-order valence-corrected chi connectivity index (χ4v) is 1.77. The number of pyridine rings is 1. The van der Waals surface area contributed by atoms with Gasteiger partial charge < -0.3 is 4.57 Å². The Hall–Kier alpha value is -1.57. The van der Waals surface area contributed by atoms with Gasteiger partial charge in [0.2, 0.25) is 0 Å². The fourth-order valence-electron chi connectivity index (χ4n) is 1.77. The van der Waals surface area contributed by atoms with Gasteiger partial charge in [-0.2, -0.15) is 0 Å². The Labute approximate surface area is 104 Å². The smallest absolute Gasteiger partial charge is 0.128 e. The highest BCUT2D eigenvalue weighted by Crippen LogP contribution is 2.09. The summed E-state index contributed by atoms with van der Waals surface area (Å²) in [6, 6.07) is 10.6. The zero-order valence-electron chi connectivity index (χ0n) is 11.3. The van der Waals surface area contributed by atoms with Gasteiger partial charge in [0.25, 0.3) is 0 Å². The summed E-state index contributed by atoms with van der Waals surface area (Å²) in [6.07, 6.45) is 2.17. The number of aromatic nitrogens is 1. The number of fused-ring (bicyclic) bond motifs is 1. The van der Waals surface area contributed by atoms with Gasteiger partial charge in [-0.3, -0.25) is 4.99 Å². The highest BCUT2D eigenvalue weighted by molar-refractivity contribution is 5.81. The van der Waals surface area contributed by atoms with E-state index in [1.54, 1.807) is 0 Å². The first kappa shape index (κ1) is 13.5. The maximum absolute atomic E-state index is 4.49. The third kappa shape index (κ3) is 3.19. The average molecular weight is 230 g/mol. The Morgan fingerprint density at radius 2 is 1.71 bits per heavy atom. The molecule has 2 rings (SSSR count). The third-order valence-corrected chi connectivity index (χ3v) is 2.53. The highest BCUT2D eigenvalue weighted by Gasteiger charge is 1.95. The molecule has 0 saturated heterocycles. The van der Waals surface area contributed by atoms with Crippen LogP contribution in [0.3, 0.4) is 0 Å². The molecule has 0 radical (unpaired) electrons. The summed E-state index contributed by atoms with van der Waals surface area (Å²) in [5.74, 6) is 0. The maximum atomic E-state index is 4.49. The first-order chi connectivity index (χ1) is 8.35. The standard InChI is InChI=1S/C13H16N2.C2H6/c1-3-14-13-9-11-7-5-6-8-12(11)10-15(13)4-2;1-2/h5-10H,3-4H2,1-2H3;1-2H3. The van der Waals surface area contributed by atoms with Crippen LogP contribution in [0.4, 0.5) is 0 Å². The molecule has 2 heteroatoms. The van der Waals surface area contributed by atoms with Crippen molar-refractivity contribution in [2.75, 3.05) is 6.54 Å². The van der Waals surface area contributed by atoms with Gasteiger partial charge in [0.1, 0.15) is 5.49 Å². The first-order valence-electron chi connectivity index (χ1n) is 6.45. The molecule has 0 unspecified atom stereocenters. The minimum absolute atomic E-state index is 0.832. The van der Waals surface area contributed by atoms with Crippen molar-refractivity contribution in [2.24, 2.45) is 4.99 Å². The van der Waals surface area contributed by atoms with Crippen LogP contribution in [-0.4, -0.2) is 11.1 Å². The Balaban J connectivity index is 0.000000686. The quantitative estimate of drug-likeness (QED) is 0.750. The molecule has 0 bridgehead atoms. The van der Waals surface area contributed by atoms with Gasteiger partial charge in [-0.15, -0.1) is 0 Å².